The monoisotopic (exact) mass is 303 g/mol. The molecule has 1 N–H and O–H groups in total. The number of amides is 1. The van der Waals surface area contributed by atoms with Gasteiger partial charge < -0.3 is 4.90 Å². The summed E-state index contributed by atoms with van der Waals surface area (Å²) in [5.41, 5.74) is 1.65. The Morgan fingerprint density at radius 2 is 1.82 bits per heavy atom. The summed E-state index contributed by atoms with van der Waals surface area (Å²) in [6.07, 6.45) is 6.40. The van der Waals surface area contributed by atoms with Crippen LogP contribution in [0.4, 0.5) is 0 Å². The minimum Gasteiger partial charge on any atom is -0.338 e. The van der Waals surface area contributed by atoms with Crippen molar-refractivity contribution in [1.29, 1.82) is 0 Å². The number of nitrogens with one attached hydrogen (secondary N) is 1. The van der Waals surface area contributed by atoms with Crippen LogP contribution in [-0.2, 0) is 12.8 Å². The van der Waals surface area contributed by atoms with Crippen LogP contribution in [0.2, 0.25) is 0 Å². The van der Waals surface area contributed by atoms with Crippen LogP contribution in [-0.4, -0.2) is 34.1 Å². The molecule has 22 heavy (non-hydrogen) atoms. The van der Waals surface area contributed by atoms with E-state index in [9.17, 15) is 9.59 Å². The molecular formula is C17H25N3O2. The normalized spacial score (nSPS) is 24.4. The maximum Gasteiger partial charge on any atom is 0.277 e. The Hall–Kier alpha value is -1.65. The van der Waals surface area contributed by atoms with Crippen molar-refractivity contribution in [2.24, 2.45) is 11.8 Å². The second kappa shape index (κ2) is 6.23. The van der Waals surface area contributed by atoms with Gasteiger partial charge in [0.25, 0.3) is 11.5 Å². The van der Waals surface area contributed by atoms with Crippen LogP contribution in [0.5, 0.6) is 0 Å². The zero-order chi connectivity index (χ0) is 15.7. The molecule has 2 heterocycles. The maximum atomic E-state index is 12.9. The SMILES string of the molecule is CCc1n[nH]c(=O)c(C(=O)N2C[C@@H]3CCCC[C@H]3C2)c1CC. The van der Waals surface area contributed by atoms with Crippen molar-refractivity contribution in [3.05, 3.63) is 27.2 Å². The highest BCUT2D eigenvalue weighted by atomic mass is 16.2. The minimum absolute atomic E-state index is 0.0930. The summed E-state index contributed by atoms with van der Waals surface area (Å²) in [7, 11) is 0. The van der Waals surface area contributed by atoms with Gasteiger partial charge in [-0.05, 0) is 43.1 Å². The summed E-state index contributed by atoms with van der Waals surface area (Å²) in [5, 5.41) is 6.61. The lowest BCUT2D eigenvalue weighted by molar-refractivity contribution is 0.0780. The third-order valence-electron chi connectivity index (χ3n) is 5.34. The standard InChI is InChI=1S/C17H25N3O2/c1-3-13-14(4-2)18-19-16(21)15(13)17(22)20-9-11-7-5-6-8-12(11)10-20/h11-12H,3-10H2,1-2H3,(H,19,21)/t11-,12-/m0/s1. The number of hydrogen-bond acceptors (Lipinski definition) is 3. The van der Waals surface area contributed by atoms with E-state index in [4.69, 9.17) is 0 Å². The van der Waals surface area contributed by atoms with Crippen LogP contribution < -0.4 is 5.56 Å². The van der Waals surface area contributed by atoms with Gasteiger partial charge in [-0.2, -0.15) is 5.10 Å². The van der Waals surface area contributed by atoms with Crippen LogP contribution >= 0.6 is 0 Å². The van der Waals surface area contributed by atoms with E-state index >= 15 is 0 Å². The molecule has 0 bridgehead atoms. The number of carbonyl (C=O) groups is 1. The van der Waals surface area contributed by atoms with Gasteiger partial charge in [-0.25, -0.2) is 5.10 Å². The zero-order valence-electron chi connectivity index (χ0n) is 13.5. The molecule has 2 fully saturated rings. The predicted octanol–water partition coefficient (Wildman–Crippen LogP) is 2.16. The van der Waals surface area contributed by atoms with E-state index in [0.29, 0.717) is 23.8 Å². The molecule has 1 aromatic heterocycles. The average Bonchev–Trinajstić information content (AvgIpc) is 2.97. The smallest absolute Gasteiger partial charge is 0.277 e. The number of carbonyl (C=O) groups excluding carboxylic acids is 1. The zero-order valence-corrected chi connectivity index (χ0v) is 13.5. The van der Waals surface area contributed by atoms with Crippen LogP contribution in [0, 0.1) is 11.8 Å². The molecule has 5 heteroatoms. The molecule has 3 rings (SSSR count). The molecule has 1 saturated carbocycles. The van der Waals surface area contributed by atoms with Gasteiger partial charge in [0.1, 0.15) is 5.56 Å². The lowest BCUT2D eigenvalue weighted by atomic mass is 9.82. The Kier molecular flexibility index (Phi) is 4.32. The molecule has 1 aliphatic carbocycles. The van der Waals surface area contributed by atoms with Crippen molar-refractivity contribution in [1.82, 2.24) is 15.1 Å². The maximum absolute atomic E-state index is 12.9. The number of likely N-dealkylation sites (tertiary alicyclic amines) is 1. The third-order valence-corrected chi connectivity index (χ3v) is 5.34. The van der Waals surface area contributed by atoms with Crippen molar-refractivity contribution in [3.8, 4) is 0 Å². The molecule has 1 aromatic rings. The summed E-state index contributed by atoms with van der Waals surface area (Å²) >= 11 is 0. The van der Waals surface area contributed by atoms with Gasteiger partial charge in [-0.1, -0.05) is 26.7 Å². The van der Waals surface area contributed by atoms with Crippen LogP contribution in [0.3, 0.4) is 0 Å². The molecule has 0 radical (unpaired) electrons. The van der Waals surface area contributed by atoms with Gasteiger partial charge in [-0.3, -0.25) is 9.59 Å². The predicted molar refractivity (Wildman–Crippen MR) is 85.0 cm³/mol. The summed E-state index contributed by atoms with van der Waals surface area (Å²) in [6.45, 7) is 5.61. The molecule has 2 aliphatic rings. The molecule has 2 atom stereocenters. The van der Waals surface area contributed by atoms with Gasteiger partial charge in [-0.15, -0.1) is 0 Å². The van der Waals surface area contributed by atoms with Crippen LogP contribution in [0.25, 0.3) is 0 Å². The number of H-pyrrole nitrogens is 1. The van der Waals surface area contributed by atoms with Crippen molar-refractivity contribution in [2.45, 2.75) is 52.4 Å². The van der Waals surface area contributed by atoms with Crippen LogP contribution in [0.1, 0.15) is 61.1 Å². The molecule has 0 spiro atoms. The number of rotatable bonds is 3. The lowest BCUT2D eigenvalue weighted by Crippen LogP contribution is -2.35. The quantitative estimate of drug-likeness (QED) is 0.930. The van der Waals surface area contributed by atoms with E-state index in [-0.39, 0.29) is 11.5 Å². The number of aromatic amines is 1. The fourth-order valence-corrected chi connectivity index (χ4v) is 4.15. The van der Waals surface area contributed by atoms with E-state index in [2.05, 4.69) is 10.2 Å². The van der Waals surface area contributed by atoms with Gasteiger partial charge in [0, 0.05) is 13.1 Å². The summed E-state index contributed by atoms with van der Waals surface area (Å²) in [5.74, 6) is 1.17. The third kappa shape index (κ3) is 2.57. The molecule has 0 unspecified atom stereocenters. The van der Waals surface area contributed by atoms with E-state index in [0.717, 1.165) is 30.8 Å². The Bertz CT molecular complexity index is 609. The molecule has 5 nitrogen and oxygen atoms in total. The first-order chi connectivity index (χ1) is 10.7. The van der Waals surface area contributed by atoms with Crippen LogP contribution in [0.15, 0.2) is 4.79 Å². The number of fused-ring (bicyclic) bond motifs is 1. The van der Waals surface area contributed by atoms with Gasteiger partial charge in [0.05, 0.1) is 5.69 Å². The fourth-order valence-electron chi connectivity index (χ4n) is 4.15. The number of nitrogens with zero attached hydrogens (tertiary/aromatic N) is 2. The van der Waals surface area contributed by atoms with Gasteiger partial charge >= 0.3 is 0 Å². The van der Waals surface area contributed by atoms with Crippen molar-refractivity contribution < 1.29 is 4.79 Å². The lowest BCUT2D eigenvalue weighted by Gasteiger charge is -2.22. The first-order valence-electron chi connectivity index (χ1n) is 8.55. The number of aromatic nitrogens is 2. The Labute approximate surface area is 131 Å². The number of hydrogen-bond donors (Lipinski definition) is 1. The van der Waals surface area contributed by atoms with Gasteiger partial charge in [0.15, 0.2) is 0 Å². The second-order valence-electron chi connectivity index (χ2n) is 6.57. The van der Waals surface area contributed by atoms with E-state index in [1.807, 2.05) is 18.7 Å². The first kappa shape index (κ1) is 15.3. The molecule has 1 amide bonds. The fraction of sp³-hybridized carbons (Fsp3) is 0.706. The van der Waals surface area contributed by atoms with E-state index in [1.165, 1.54) is 25.7 Å². The topological polar surface area (TPSA) is 66.1 Å². The Balaban J connectivity index is 1.91. The molecular weight excluding hydrogens is 278 g/mol. The largest absolute Gasteiger partial charge is 0.338 e. The Morgan fingerprint density at radius 3 is 2.36 bits per heavy atom. The first-order valence-corrected chi connectivity index (χ1v) is 8.55. The molecule has 1 aliphatic heterocycles. The van der Waals surface area contributed by atoms with E-state index < -0.39 is 0 Å². The van der Waals surface area contributed by atoms with Crippen molar-refractivity contribution in [2.75, 3.05) is 13.1 Å². The highest BCUT2D eigenvalue weighted by Crippen LogP contribution is 2.36. The molecule has 0 aromatic carbocycles. The van der Waals surface area contributed by atoms with Crippen molar-refractivity contribution in [3.63, 3.8) is 0 Å². The Morgan fingerprint density at radius 1 is 1.18 bits per heavy atom. The van der Waals surface area contributed by atoms with E-state index in [1.54, 1.807) is 0 Å². The summed E-state index contributed by atoms with van der Waals surface area (Å²) in [4.78, 5) is 27.1. The summed E-state index contributed by atoms with van der Waals surface area (Å²) < 4.78 is 0. The highest BCUT2D eigenvalue weighted by molar-refractivity contribution is 5.95. The minimum atomic E-state index is -0.339. The second-order valence-corrected chi connectivity index (χ2v) is 6.57. The molecule has 120 valence electrons. The molecule has 1 saturated heterocycles. The van der Waals surface area contributed by atoms with Crippen molar-refractivity contribution >= 4 is 5.91 Å². The highest BCUT2D eigenvalue weighted by Gasteiger charge is 2.37. The average molecular weight is 303 g/mol. The van der Waals surface area contributed by atoms with Gasteiger partial charge in [0.2, 0.25) is 0 Å². The number of aryl methyl sites for hydroxylation is 1. The summed E-state index contributed by atoms with van der Waals surface area (Å²) in [6, 6.07) is 0.